The molecule has 0 heterocycles. The molecule has 0 N–H and O–H groups in total. The molecule has 0 aliphatic carbocycles. The summed E-state index contributed by atoms with van der Waals surface area (Å²) in [7, 11) is 1.71. The number of ether oxygens (including phenoxy) is 1. The Morgan fingerprint density at radius 1 is 0.913 bits per heavy atom. The fourth-order valence-corrected chi connectivity index (χ4v) is 2.99. The maximum Gasteiger partial charge on any atom is 0.118 e. The first-order valence-electron chi connectivity index (χ1n) is 8.36. The molecule has 2 rings (SSSR count). The molecule has 0 saturated carbocycles. The third kappa shape index (κ3) is 6.05. The van der Waals surface area contributed by atoms with Crippen molar-refractivity contribution >= 4 is 28.3 Å². The van der Waals surface area contributed by atoms with Gasteiger partial charge in [-0.15, -0.1) is 0 Å². The summed E-state index contributed by atoms with van der Waals surface area (Å²) in [4.78, 5) is 2.48. The third-order valence-corrected chi connectivity index (χ3v) is 4.73. The Hall–Kier alpha value is -1.23. The van der Waals surface area contributed by atoms with Gasteiger partial charge in [-0.2, -0.15) is 0 Å². The van der Waals surface area contributed by atoms with E-state index in [0.29, 0.717) is 0 Å². The Labute approximate surface area is 154 Å². The van der Waals surface area contributed by atoms with Crippen molar-refractivity contribution in [2.45, 2.75) is 39.2 Å². The minimum atomic E-state index is 0.914. The highest BCUT2D eigenvalue weighted by molar-refractivity contribution is 14.1. The molecular weight excluding hydrogens is 397 g/mol. The van der Waals surface area contributed by atoms with Gasteiger partial charge in [0.2, 0.25) is 0 Å². The van der Waals surface area contributed by atoms with E-state index in [1.54, 1.807) is 7.11 Å². The highest BCUT2D eigenvalue weighted by atomic mass is 127. The van der Waals surface area contributed by atoms with Crippen LogP contribution in [0.15, 0.2) is 48.5 Å². The van der Waals surface area contributed by atoms with Gasteiger partial charge in [-0.3, -0.25) is 0 Å². The van der Waals surface area contributed by atoms with Gasteiger partial charge in [0.25, 0.3) is 0 Å². The quantitative estimate of drug-likeness (QED) is 0.369. The largest absolute Gasteiger partial charge is 0.497 e. The molecular formula is C20H26INO. The molecule has 124 valence electrons. The lowest BCUT2D eigenvalue weighted by atomic mass is 10.1. The lowest BCUT2D eigenvalue weighted by Gasteiger charge is -2.25. The zero-order chi connectivity index (χ0) is 16.5. The first kappa shape index (κ1) is 18.1. The number of unbranched alkanes of at least 4 members (excludes halogenated alkanes) is 3. The molecule has 0 bridgehead atoms. The van der Waals surface area contributed by atoms with Gasteiger partial charge in [-0.25, -0.2) is 0 Å². The second kappa shape index (κ2) is 9.81. The monoisotopic (exact) mass is 423 g/mol. The Morgan fingerprint density at radius 3 is 2.22 bits per heavy atom. The first-order valence-corrected chi connectivity index (χ1v) is 9.44. The van der Waals surface area contributed by atoms with Crippen molar-refractivity contribution in [3.8, 4) is 5.75 Å². The molecule has 0 aromatic heterocycles. The summed E-state index contributed by atoms with van der Waals surface area (Å²) in [5.74, 6) is 0.914. The van der Waals surface area contributed by atoms with Crippen LogP contribution in [0.3, 0.4) is 0 Å². The van der Waals surface area contributed by atoms with Gasteiger partial charge in [-0.1, -0.05) is 38.3 Å². The molecule has 0 aliphatic heterocycles. The molecule has 0 saturated heterocycles. The molecule has 3 heteroatoms. The topological polar surface area (TPSA) is 12.5 Å². The molecule has 0 radical (unpaired) electrons. The van der Waals surface area contributed by atoms with Crippen LogP contribution in [0.25, 0.3) is 0 Å². The second-order valence-electron chi connectivity index (χ2n) is 5.81. The van der Waals surface area contributed by atoms with Crippen molar-refractivity contribution in [2.24, 2.45) is 0 Å². The van der Waals surface area contributed by atoms with E-state index in [2.05, 4.69) is 70.8 Å². The summed E-state index contributed by atoms with van der Waals surface area (Å²) in [5, 5.41) is 0. The molecule has 0 fully saturated rings. The van der Waals surface area contributed by atoms with Gasteiger partial charge < -0.3 is 9.64 Å². The average molecular weight is 423 g/mol. The molecule has 2 aromatic rings. The zero-order valence-corrected chi connectivity index (χ0v) is 16.3. The number of rotatable bonds is 9. The van der Waals surface area contributed by atoms with Crippen molar-refractivity contribution in [2.75, 3.05) is 18.6 Å². The summed E-state index contributed by atoms with van der Waals surface area (Å²) in [6, 6.07) is 17.2. The van der Waals surface area contributed by atoms with E-state index in [1.165, 1.54) is 40.5 Å². The maximum atomic E-state index is 5.25. The van der Waals surface area contributed by atoms with Crippen LogP contribution in [0.1, 0.15) is 38.2 Å². The van der Waals surface area contributed by atoms with Gasteiger partial charge in [0.15, 0.2) is 0 Å². The van der Waals surface area contributed by atoms with Gasteiger partial charge >= 0.3 is 0 Å². The van der Waals surface area contributed by atoms with Crippen LogP contribution < -0.4 is 9.64 Å². The molecule has 2 aromatic carbocycles. The maximum absolute atomic E-state index is 5.25. The summed E-state index contributed by atoms with van der Waals surface area (Å²) in [5.41, 5.74) is 2.62. The number of benzene rings is 2. The molecule has 0 spiro atoms. The van der Waals surface area contributed by atoms with Crippen LogP contribution in [0.2, 0.25) is 0 Å². The normalized spacial score (nSPS) is 10.6. The van der Waals surface area contributed by atoms with E-state index in [0.717, 1.165) is 18.8 Å². The summed E-state index contributed by atoms with van der Waals surface area (Å²) in [6.07, 6.45) is 5.15. The second-order valence-corrected chi connectivity index (χ2v) is 7.05. The van der Waals surface area contributed by atoms with Crippen LogP contribution in [0, 0.1) is 3.57 Å². The number of hydrogen-bond donors (Lipinski definition) is 0. The lowest BCUT2D eigenvalue weighted by molar-refractivity contribution is 0.414. The SMILES string of the molecule is CCCCCCN(Cc1ccc(OC)cc1)c1ccc(I)cc1. The summed E-state index contributed by atoms with van der Waals surface area (Å²) >= 11 is 2.36. The molecule has 0 unspecified atom stereocenters. The number of halogens is 1. The van der Waals surface area contributed by atoms with Crippen molar-refractivity contribution < 1.29 is 4.74 Å². The summed E-state index contributed by atoms with van der Waals surface area (Å²) < 4.78 is 6.53. The smallest absolute Gasteiger partial charge is 0.118 e. The number of methoxy groups -OCH3 is 1. The fraction of sp³-hybridized carbons (Fsp3) is 0.400. The Bertz CT molecular complexity index is 565. The highest BCUT2D eigenvalue weighted by Crippen LogP contribution is 2.21. The summed E-state index contributed by atoms with van der Waals surface area (Å²) in [6.45, 7) is 4.30. The minimum Gasteiger partial charge on any atom is -0.497 e. The average Bonchev–Trinajstić information content (AvgIpc) is 2.59. The number of nitrogens with zero attached hydrogens (tertiary/aromatic N) is 1. The van der Waals surface area contributed by atoms with Crippen LogP contribution >= 0.6 is 22.6 Å². The van der Waals surface area contributed by atoms with E-state index >= 15 is 0 Å². The van der Waals surface area contributed by atoms with Gasteiger partial charge in [0.1, 0.15) is 5.75 Å². The molecule has 2 nitrogen and oxygen atoms in total. The Morgan fingerprint density at radius 2 is 1.61 bits per heavy atom. The standard InChI is InChI=1S/C20H26INO/c1-3-4-5-6-15-22(19-11-9-18(21)10-12-19)16-17-7-13-20(23-2)14-8-17/h7-14H,3-6,15-16H2,1-2H3. The fourth-order valence-electron chi connectivity index (χ4n) is 2.63. The van der Waals surface area contributed by atoms with Crippen LogP contribution in [0.5, 0.6) is 5.75 Å². The number of anilines is 1. The van der Waals surface area contributed by atoms with E-state index in [9.17, 15) is 0 Å². The van der Waals surface area contributed by atoms with Crippen molar-refractivity contribution in [1.82, 2.24) is 0 Å². The minimum absolute atomic E-state index is 0.914. The zero-order valence-electron chi connectivity index (χ0n) is 14.1. The molecule has 0 amide bonds. The lowest BCUT2D eigenvalue weighted by Crippen LogP contribution is -2.23. The van der Waals surface area contributed by atoms with Crippen molar-refractivity contribution in [1.29, 1.82) is 0 Å². The van der Waals surface area contributed by atoms with Crippen LogP contribution in [0.4, 0.5) is 5.69 Å². The van der Waals surface area contributed by atoms with Crippen molar-refractivity contribution in [3.63, 3.8) is 0 Å². The molecule has 23 heavy (non-hydrogen) atoms. The Kier molecular flexibility index (Phi) is 7.72. The Balaban J connectivity index is 2.06. The van der Waals surface area contributed by atoms with Crippen LogP contribution in [-0.2, 0) is 6.54 Å². The van der Waals surface area contributed by atoms with Gasteiger partial charge in [0, 0.05) is 22.3 Å². The molecule has 0 aliphatic rings. The first-order chi connectivity index (χ1) is 11.2. The van der Waals surface area contributed by atoms with E-state index in [4.69, 9.17) is 4.74 Å². The molecule has 0 atom stereocenters. The van der Waals surface area contributed by atoms with Gasteiger partial charge in [0.05, 0.1) is 7.11 Å². The van der Waals surface area contributed by atoms with E-state index in [-0.39, 0.29) is 0 Å². The predicted molar refractivity (Wildman–Crippen MR) is 107 cm³/mol. The van der Waals surface area contributed by atoms with Crippen molar-refractivity contribution in [3.05, 3.63) is 57.7 Å². The van der Waals surface area contributed by atoms with E-state index < -0.39 is 0 Å². The van der Waals surface area contributed by atoms with Gasteiger partial charge in [-0.05, 0) is 71.0 Å². The highest BCUT2D eigenvalue weighted by Gasteiger charge is 2.08. The third-order valence-electron chi connectivity index (χ3n) is 4.01. The van der Waals surface area contributed by atoms with Crippen LogP contribution in [-0.4, -0.2) is 13.7 Å². The predicted octanol–water partition coefficient (Wildman–Crippen LogP) is 5.89. The number of hydrogen-bond acceptors (Lipinski definition) is 2. The van der Waals surface area contributed by atoms with E-state index in [1.807, 2.05) is 12.1 Å².